The van der Waals surface area contributed by atoms with E-state index in [-0.39, 0.29) is 17.5 Å². The number of aromatic hydroxyl groups is 1. The second-order valence-electron chi connectivity index (χ2n) is 6.42. The lowest BCUT2D eigenvalue weighted by atomic mass is 9.90. The van der Waals surface area contributed by atoms with Crippen molar-refractivity contribution in [1.82, 2.24) is 4.98 Å². The van der Waals surface area contributed by atoms with E-state index in [2.05, 4.69) is 38.1 Å². The van der Waals surface area contributed by atoms with Crippen molar-refractivity contribution >= 4 is 49.8 Å². The summed E-state index contributed by atoms with van der Waals surface area (Å²) in [5, 5.41) is 18.6. The zero-order valence-corrected chi connectivity index (χ0v) is 15.9. The van der Waals surface area contributed by atoms with Crippen LogP contribution in [-0.4, -0.2) is 16.0 Å². The summed E-state index contributed by atoms with van der Waals surface area (Å²) in [6, 6.07) is 7.47. The third-order valence-electron chi connectivity index (χ3n) is 4.49. The number of carbonyl (C=O) groups is 1. The van der Waals surface area contributed by atoms with Crippen LogP contribution in [0, 0.1) is 5.92 Å². The molecule has 1 atom stereocenters. The highest BCUT2D eigenvalue weighted by molar-refractivity contribution is 9.10. The molecule has 0 saturated heterocycles. The molecule has 0 saturated carbocycles. The van der Waals surface area contributed by atoms with Crippen molar-refractivity contribution in [3.05, 3.63) is 44.1 Å². The number of nitrogens with one attached hydrogen (secondary N) is 1. The number of nitrogens with zero attached hydrogens (tertiary/aromatic N) is 2. The summed E-state index contributed by atoms with van der Waals surface area (Å²) in [4.78, 5) is 17.1. The van der Waals surface area contributed by atoms with Crippen molar-refractivity contribution in [3.63, 3.8) is 0 Å². The number of thiophene rings is 1. The highest BCUT2D eigenvalue weighted by atomic mass is 79.9. The van der Waals surface area contributed by atoms with Crippen LogP contribution in [0.4, 0.5) is 5.69 Å². The third kappa shape index (κ3) is 3.14. The normalized spacial score (nSPS) is 17.3. The minimum absolute atomic E-state index is 0.0936. The van der Waals surface area contributed by atoms with E-state index < -0.39 is 0 Å². The van der Waals surface area contributed by atoms with E-state index in [0.29, 0.717) is 16.2 Å². The Morgan fingerprint density at radius 3 is 3.08 bits per heavy atom. The molecule has 25 heavy (non-hydrogen) atoms. The highest BCUT2D eigenvalue weighted by Gasteiger charge is 2.21. The maximum Gasteiger partial charge on any atom is 0.305 e. The summed E-state index contributed by atoms with van der Waals surface area (Å²) in [5.41, 5.74) is 2.28. The fourth-order valence-corrected chi connectivity index (χ4v) is 4.64. The topological polar surface area (TPSA) is 77.8 Å². The average Bonchev–Trinajstić information content (AvgIpc) is 3.12. The number of amides is 1. The van der Waals surface area contributed by atoms with E-state index in [1.54, 1.807) is 0 Å². The molecule has 0 aliphatic heterocycles. The summed E-state index contributed by atoms with van der Waals surface area (Å²) in [6.45, 7) is 2.24. The van der Waals surface area contributed by atoms with Gasteiger partial charge in [-0.3, -0.25) is 4.79 Å². The summed E-state index contributed by atoms with van der Waals surface area (Å²) in [7, 11) is 0. The molecule has 0 bridgehead atoms. The molecule has 1 aliphatic rings. The van der Waals surface area contributed by atoms with E-state index in [1.807, 2.05) is 24.3 Å². The maximum absolute atomic E-state index is 12.4. The smallest absolute Gasteiger partial charge is 0.305 e. The second-order valence-corrected chi connectivity index (χ2v) is 8.48. The molecule has 3 aromatic rings. The molecule has 0 fully saturated rings. The van der Waals surface area contributed by atoms with E-state index in [0.717, 1.165) is 22.8 Å². The van der Waals surface area contributed by atoms with Crippen LogP contribution in [0.25, 0.3) is 10.9 Å². The van der Waals surface area contributed by atoms with Crippen LogP contribution in [0.15, 0.2) is 39.0 Å². The SMILES string of the molecule is C[C@H]1CCc2sc(C(=O)N=Nc3c(O)[nH]c4ccc(Br)cc34)cc2C1. The van der Waals surface area contributed by atoms with Crippen molar-refractivity contribution in [2.24, 2.45) is 16.1 Å². The number of carbonyl (C=O) groups excluding carboxylic acids is 1. The van der Waals surface area contributed by atoms with Gasteiger partial charge in [-0.25, -0.2) is 0 Å². The van der Waals surface area contributed by atoms with Crippen LogP contribution in [-0.2, 0) is 12.8 Å². The van der Waals surface area contributed by atoms with Crippen molar-refractivity contribution in [3.8, 4) is 5.88 Å². The molecule has 2 N–H and O–H groups in total. The predicted octanol–water partition coefficient (Wildman–Crippen LogP) is 5.75. The largest absolute Gasteiger partial charge is 0.493 e. The van der Waals surface area contributed by atoms with Crippen LogP contribution < -0.4 is 0 Å². The van der Waals surface area contributed by atoms with E-state index in [1.165, 1.54) is 28.2 Å². The number of fused-ring (bicyclic) bond motifs is 2. The number of azo groups is 1. The van der Waals surface area contributed by atoms with Gasteiger partial charge in [0.25, 0.3) is 0 Å². The molecule has 1 aliphatic carbocycles. The molecule has 1 amide bonds. The first-order valence-corrected chi connectivity index (χ1v) is 9.70. The van der Waals surface area contributed by atoms with Crippen LogP contribution in [0.3, 0.4) is 0 Å². The summed E-state index contributed by atoms with van der Waals surface area (Å²) >= 11 is 4.91. The van der Waals surface area contributed by atoms with Gasteiger partial charge in [0.2, 0.25) is 5.88 Å². The molecular formula is C18H16BrN3O2S. The molecule has 0 unspecified atom stereocenters. The Labute approximate surface area is 156 Å². The van der Waals surface area contributed by atoms with Gasteiger partial charge in [0.15, 0.2) is 5.69 Å². The van der Waals surface area contributed by atoms with Crippen molar-refractivity contribution in [2.45, 2.75) is 26.2 Å². The minimum atomic E-state index is -0.365. The maximum atomic E-state index is 12.4. The van der Waals surface area contributed by atoms with Crippen LogP contribution >= 0.6 is 27.3 Å². The number of halogens is 1. The van der Waals surface area contributed by atoms with Crippen molar-refractivity contribution in [1.29, 1.82) is 0 Å². The number of H-pyrrole nitrogens is 1. The van der Waals surface area contributed by atoms with Gasteiger partial charge < -0.3 is 10.1 Å². The first kappa shape index (κ1) is 16.5. The van der Waals surface area contributed by atoms with Gasteiger partial charge >= 0.3 is 5.91 Å². The van der Waals surface area contributed by atoms with E-state index in [4.69, 9.17) is 0 Å². The van der Waals surface area contributed by atoms with Gasteiger partial charge in [0.1, 0.15) is 0 Å². The first-order valence-electron chi connectivity index (χ1n) is 8.09. The number of benzene rings is 1. The zero-order chi connectivity index (χ0) is 17.6. The van der Waals surface area contributed by atoms with E-state index >= 15 is 0 Å². The van der Waals surface area contributed by atoms with Gasteiger partial charge in [-0.2, -0.15) is 0 Å². The monoisotopic (exact) mass is 417 g/mol. The van der Waals surface area contributed by atoms with Crippen LogP contribution in [0.2, 0.25) is 0 Å². The molecule has 1 aromatic carbocycles. The molecule has 2 heterocycles. The standard InChI is InChI=1S/C18H16BrN3O2S/c1-9-2-5-14-10(6-9)7-15(25-14)17(23)22-21-16-12-8-11(19)3-4-13(12)20-18(16)24/h3-4,7-9,20,24H,2,5-6H2,1H3/t9-/m0/s1. The fourth-order valence-electron chi connectivity index (χ4n) is 3.19. The second kappa shape index (κ2) is 6.38. The number of hydrogen-bond acceptors (Lipinski definition) is 4. The Kier molecular flexibility index (Phi) is 4.21. The lowest BCUT2D eigenvalue weighted by Crippen LogP contribution is -2.08. The van der Waals surface area contributed by atoms with Gasteiger partial charge in [0.05, 0.1) is 10.4 Å². The molecule has 0 radical (unpaired) electrons. The zero-order valence-electron chi connectivity index (χ0n) is 13.5. The highest BCUT2D eigenvalue weighted by Crippen LogP contribution is 2.37. The Hall–Kier alpha value is -1.99. The lowest BCUT2D eigenvalue weighted by Gasteiger charge is -2.16. The molecule has 128 valence electrons. The molecule has 7 heteroatoms. The van der Waals surface area contributed by atoms with Gasteiger partial charge in [0, 0.05) is 14.7 Å². The Morgan fingerprint density at radius 2 is 2.24 bits per heavy atom. The quantitative estimate of drug-likeness (QED) is 0.520. The number of aromatic nitrogens is 1. The Balaban J connectivity index is 1.63. The van der Waals surface area contributed by atoms with Crippen molar-refractivity contribution in [2.75, 3.05) is 0 Å². The number of rotatable bonds is 2. The predicted molar refractivity (Wildman–Crippen MR) is 102 cm³/mol. The summed E-state index contributed by atoms with van der Waals surface area (Å²) in [6.07, 6.45) is 3.22. The average molecular weight is 418 g/mol. The van der Waals surface area contributed by atoms with Gasteiger partial charge in [-0.05, 0) is 55.0 Å². The van der Waals surface area contributed by atoms with Gasteiger partial charge in [-0.1, -0.05) is 22.9 Å². The van der Waals surface area contributed by atoms with Gasteiger partial charge in [-0.15, -0.1) is 21.6 Å². The summed E-state index contributed by atoms with van der Waals surface area (Å²) in [5.74, 6) is 0.202. The van der Waals surface area contributed by atoms with Crippen molar-refractivity contribution < 1.29 is 9.90 Å². The lowest BCUT2D eigenvalue weighted by molar-refractivity contribution is 0.0999. The molecule has 0 spiro atoms. The molecule has 5 nitrogen and oxygen atoms in total. The molecular weight excluding hydrogens is 402 g/mol. The Morgan fingerprint density at radius 1 is 1.40 bits per heavy atom. The van der Waals surface area contributed by atoms with Crippen LogP contribution in [0.1, 0.15) is 33.5 Å². The van der Waals surface area contributed by atoms with E-state index in [9.17, 15) is 9.90 Å². The Bertz CT molecular complexity index is 1010. The number of aromatic amines is 1. The molecule has 2 aromatic heterocycles. The third-order valence-corrected chi connectivity index (χ3v) is 6.21. The van der Waals surface area contributed by atoms with Crippen LogP contribution in [0.5, 0.6) is 5.88 Å². The number of hydrogen-bond donors (Lipinski definition) is 2. The minimum Gasteiger partial charge on any atom is -0.493 e. The first-order chi connectivity index (χ1) is 12.0. The fraction of sp³-hybridized carbons (Fsp3) is 0.278. The number of aryl methyl sites for hydroxylation is 1. The molecule has 4 rings (SSSR count). The summed E-state index contributed by atoms with van der Waals surface area (Å²) < 4.78 is 0.863.